The van der Waals surface area contributed by atoms with Crippen LogP contribution in [-0.2, 0) is 33.7 Å². The van der Waals surface area contributed by atoms with Crippen molar-refractivity contribution in [2.24, 2.45) is 0 Å². The molecule has 0 atom stereocenters. The van der Waals surface area contributed by atoms with Crippen molar-refractivity contribution >= 4 is 29.1 Å². The number of anilines is 3. The Morgan fingerprint density at radius 1 is 1.10 bits per heavy atom. The number of nitrogens with one attached hydrogen (secondary N) is 1. The van der Waals surface area contributed by atoms with Gasteiger partial charge in [0.2, 0.25) is 11.8 Å². The maximum Gasteiger partial charge on any atom is 0.264 e. The highest BCUT2D eigenvalue weighted by Crippen LogP contribution is 2.43. The molecule has 0 aliphatic carbocycles. The van der Waals surface area contributed by atoms with Crippen LogP contribution in [0.25, 0.3) is 11.1 Å². The van der Waals surface area contributed by atoms with E-state index in [2.05, 4.69) is 19.9 Å². The minimum atomic E-state index is -2.70. The summed E-state index contributed by atoms with van der Waals surface area (Å²) in [6.07, 6.45) is 2.86. The Balaban J connectivity index is 1.43. The molecule has 2 aromatic heterocycles. The number of carbonyl (C=O) groups is 2. The molecule has 41 heavy (non-hydrogen) atoms. The van der Waals surface area contributed by atoms with Gasteiger partial charge < -0.3 is 19.9 Å². The fraction of sp³-hybridized carbons (Fsp3) is 0.467. The van der Waals surface area contributed by atoms with E-state index in [1.165, 1.54) is 13.1 Å². The Morgan fingerprint density at radius 3 is 2.59 bits per heavy atom. The Morgan fingerprint density at radius 2 is 1.90 bits per heavy atom. The number of nitrogens with zero attached hydrogens (tertiary/aromatic N) is 5. The number of rotatable bonds is 5. The summed E-state index contributed by atoms with van der Waals surface area (Å²) in [5.74, 6) is 0.892. The van der Waals surface area contributed by atoms with Gasteiger partial charge in [-0.25, -0.2) is 13.8 Å². The maximum atomic E-state index is 14.6. The molecule has 3 aliphatic heterocycles. The number of ether oxygens (including phenoxy) is 1. The largest absolute Gasteiger partial charge is 0.381 e. The van der Waals surface area contributed by atoms with Crippen molar-refractivity contribution < 1.29 is 23.1 Å². The monoisotopic (exact) mass is 564 g/mol. The average Bonchev–Trinajstić information content (AvgIpc) is 3.35. The molecular formula is C30H34F2N6O3. The highest BCUT2D eigenvalue weighted by molar-refractivity contribution is 5.88. The molecule has 0 radical (unpaired) electrons. The first-order valence-corrected chi connectivity index (χ1v) is 14.2. The molecule has 5 heterocycles. The van der Waals surface area contributed by atoms with E-state index in [4.69, 9.17) is 9.84 Å². The van der Waals surface area contributed by atoms with Crippen molar-refractivity contribution in [1.82, 2.24) is 19.7 Å². The molecule has 9 nitrogen and oxygen atoms in total. The van der Waals surface area contributed by atoms with E-state index < -0.39 is 6.43 Å². The van der Waals surface area contributed by atoms with Crippen LogP contribution in [0.5, 0.6) is 0 Å². The SMILES string of the molecule is CC(=O)Nc1ccc(-c2cc3c(cc2C(F)F)N(c2nn(C4CCOCC4)c4c2CN(C(C)=O)CC4)CCC3)cn1. The van der Waals surface area contributed by atoms with Crippen LogP contribution >= 0.6 is 0 Å². The minimum absolute atomic E-state index is 0.0159. The summed E-state index contributed by atoms with van der Waals surface area (Å²) in [6, 6.07) is 6.98. The van der Waals surface area contributed by atoms with Crippen LogP contribution in [0.1, 0.15) is 68.0 Å². The molecule has 0 spiro atoms. The summed E-state index contributed by atoms with van der Waals surface area (Å²) in [6.45, 7) is 6.09. The normalized spacial score (nSPS) is 17.4. The van der Waals surface area contributed by atoms with Gasteiger partial charge in [-0.2, -0.15) is 5.10 Å². The Hall–Kier alpha value is -3.86. The Kier molecular flexibility index (Phi) is 7.46. The quantitative estimate of drug-likeness (QED) is 0.459. The second kappa shape index (κ2) is 11.2. The number of amides is 2. The zero-order valence-corrected chi connectivity index (χ0v) is 23.3. The molecule has 3 aliphatic rings. The second-order valence-corrected chi connectivity index (χ2v) is 11.0. The van der Waals surface area contributed by atoms with E-state index in [0.717, 1.165) is 54.0 Å². The number of carbonyl (C=O) groups excluding carboxylic acids is 2. The van der Waals surface area contributed by atoms with Crippen LogP contribution in [0.2, 0.25) is 0 Å². The Bertz CT molecular complexity index is 1470. The molecule has 11 heteroatoms. The van der Waals surface area contributed by atoms with Gasteiger partial charge in [-0.1, -0.05) is 0 Å². The number of benzene rings is 1. The van der Waals surface area contributed by atoms with E-state index in [9.17, 15) is 18.4 Å². The first-order chi connectivity index (χ1) is 19.8. The van der Waals surface area contributed by atoms with Crippen LogP contribution in [0.4, 0.5) is 26.1 Å². The van der Waals surface area contributed by atoms with Gasteiger partial charge in [0.25, 0.3) is 6.43 Å². The van der Waals surface area contributed by atoms with Gasteiger partial charge in [0, 0.05) is 80.8 Å². The lowest BCUT2D eigenvalue weighted by molar-refractivity contribution is -0.129. The first-order valence-electron chi connectivity index (χ1n) is 14.2. The van der Waals surface area contributed by atoms with Crippen LogP contribution in [0.15, 0.2) is 30.5 Å². The highest BCUT2D eigenvalue weighted by Gasteiger charge is 2.34. The maximum absolute atomic E-state index is 14.6. The summed E-state index contributed by atoms with van der Waals surface area (Å²) < 4.78 is 36.8. The van der Waals surface area contributed by atoms with Crippen molar-refractivity contribution in [2.45, 2.75) is 65.0 Å². The van der Waals surface area contributed by atoms with E-state index >= 15 is 0 Å². The lowest BCUT2D eigenvalue weighted by Gasteiger charge is -2.33. The first kappa shape index (κ1) is 27.3. The summed E-state index contributed by atoms with van der Waals surface area (Å²) in [5.41, 5.74) is 4.76. The van der Waals surface area contributed by atoms with Gasteiger partial charge in [-0.3, -0.25) is 14.3 Å². The number of alkyl halides is 2. The number of aromatic nitrogens is 3. The number of fused-ring (bicyclic) bond motifs is 2. The predicted octanol–water partition coefficient (Wildman–Crippen LogP) is 5.18. The molecule has 0 unspecified atom stereocenters. The number of halogens is 2. The fourth-order valence-electron chi connectivity index (χ4n) is 6.25. The molecule has 1 N–H and O–H groups in total. The van der Waals surface area contributed by atoms with Crippen molar-refractivity contribution in [1.29, 1.82) is 0 Å². The zero-order chi connectivity index (χ0) is 28.7. The van der Waals surface area contributed by atoms with Gasteiger partial charge in [0.15, 0.2) is 5.82 Å². The second-order valence-electron chi connectivity index (χ2n) is 11.0. The molecule has 3 aromatic rings. The topological polar surface area (TPSA) is 92.6 Å². The van der Waals surface area contributed by atoms with Crippen LogP contribution in [0.3, 0.4) is 0 Å². The summed E-state index contributed by atoms with van der Waals surface area (Å²) in [5, 5.41) is 7.75. The van der Waals surface area contributed by atoms with Crippen LogP contribution < -0.4 is 10.2 Å². The van der Waals surface area contributed by atoms with Crippen molar-refractivity contribution in [3.8, 4) is 11.1 Å². The molecule has 0 saturated carbocycles. The van der Waals surface area contributed by atoms with Gasteiger partial charge in [0.1, 0.15) is 5.82 Å². The van der Waals surface area contributed by atoms with Gasteiger partial charge in [-0.15, -0.1) is 0 Å². The van der Waals surface area contributed by atoms with Crippen LogP contribution in [-0.4, -0.2) is 57.8 Å². The lowest BCUT2D eigenvalue weighted by atomic mass is 9.92. The molecule has 1 saturated heterocycles. The zero-order valence-electron chi connectivity index (χ0n) is 23.3. The third kappa shape index (κ3) is 5.30. The summed E-state index contributed by atoms with van der Waals surface area (Å²) in [7, 11) is 0. The third-order valence-corrected chi connectivity index (χ3v) is 8.29. The Labute approximate surface area is 237 Å². The number of pyridine rings is 1. The smallest absolute Gasteiger partial charge is 0.264 e. The van der Waals surface area contributed by atoms with E-state index in [0.29, 0.717) is 56.2 Å². The third-order valence-electron chi connectivity index (χ3n) is 8.29. The highest BCUT2D eigenvalue weighted by atomic mass is 19.3. The molecular weight excluding hydrogens is 530 g/mol. The molecule has 2 amide bonds. The van der Waals surface area contributed by atoms with Gasteiger partial charge in [0.05, 0.1) is 12.6 Å². The average molecular weight is 565 g/mol. The minimum Gasteiger partial charge on any atom is -0.381 e. The molecule has 6 rings (SSSR count). The van der Waals surface area contributed by atoms with E-state index in [-0.39, 0.29) is 23.4 Å². The standard InChI is InChI=1S/C30H34F2N6O3/c1-18(39)34-28-6-5-21(16-33-28)23-14-20-4-3-10-37(27(20)15-24(23)29(31)32)30-25-17-36(19(2)40)11-7-26(25)38(35-30)22-8-12-41-13-9-22/h5-6,14-16,22,29H,3-4,7-13,17H2,1-2H3,(H,33,34,39). The predicted molar refractivity (Wildman–Crippen MR) is 150 cm³/mol. The lowest BCUT2D eigenvalue weighted by Crippen LogP contribution is -2.36. The van der Waals surface area contributed by atoms with Gasteiger partial charge in [-0.05, 0) is 61.1 Å². The number of hydrogen-bond acceptors (Lipinski definition) is 6. The number of aryl methyl sites for hydroxylation is 1. The van der Waals surface area contributed by atoms with E-state index in [1.54, 1.807) is 25.1 Å². The molecule has 0 bridgehead atoms. The summed E-state index contributed by atoms with van der Waals surface area (Å²) >= 11 is 0. The molecule has 1 aromatic carbocycles. The van der Waals surface area contributed by atoms with Gasteiger partial charge >= 0.3 is 0 Å². The van der Waals surface area contributed by atoms with Crippen LogP contribution in [0, 0.1) is 0 Å². The summed E-state index contributed by atoms with van der Waals surface area (Å²) in [4.78, 5) is 31.8. The van der Waals surface area contributed by atoms with Crippen molar-refractivity contribution in [2.75, 3.05) is 36.5 Å². The van der Waals surface area contributed by atoms with Crippen molar-refractivity contribution in [3.63, 3.8) is 0 Å². The molecule has 1 fully saturated rings. The van der Waals surface area contributed by atoms with Crippen molar-refractivity contribution in [3.05, 3.63) is 52.8 Å². The fourth-order valence-corrected chi connectivity index (χ4v) is 6.25. The number of hydrogen-bond donors (Lipinski definition) is 1. The van der Waals surface area contributed by atoms with E-state index in [1.807, 2.05) is 11.0 Å². The molecule has 216 valence electrons.